The SMILES string of the molecule is O=C(OCC1OC(CC2C=CCCCc3c(ncnc3NC3CCCC3OC(=O)C(Cl)Cl)CC2)C(O)C1O)C(Cl)Cl. The Hall–Kier alpha value is -1.40. The molecule has 0 aromatic carbocycles. The number of nitrogens with one attached hydrogen (secondary N) is 1. The van der Waals surface area contributed by atoms with Gasteiger partial charge in [-0.3, -0.25) is 0 Å². The van der Waals surface area contributed by atoms with Crippen LogP contribution in [0.25, 0.3) is 0 Å². The van der Waals surface area contributed by atoms with E-state index in [1.54, 1.807) is 6.33 Å². The number of allylic oxidation sites excluding steroid dienone is 2. The van der Waals surface area contributed by atoms with Crippen LogP contribution in [0.2, 0.25) is 0 Å². The molecule has 1 aliphatic heterocycles. The highest BCUT2D eigenvalue weighted by molar-refractivity contribution is 6.53. The van der Waals surface area contributed by atoms with Crippen LogP contribution in [0.4, 0.5) is 5.82 Å². The van der Waals surface area contributed by atoms with Crippen LogP contribution in [0.3, 0.4) is 0 Å². The summed E-state index contributed by atoms with van der Waals surface area (Å²) in [5, 5.41) is 24.6. The minimum absolute atomic E-state index is 0.0493. The zero-order chi connectivity index (χ0) is 29.5. The highest BCUT2D eigenvalue weighted by Gasteiger charge is 2.44. The molecule has 2 fully saturated rings. The second-order valence-corrected chi connectivity index (χ2v) is 12.8. The molecule has 1 saturated heterocycles. The molecule has 14 heteroatoms. The number of rotatable bonds is 9. The van der Waals surface area contributed by atoms with Gasteiger partial charge in [0.15, 0.2) is 0 Å². The lowest BCUT2D eigenvalue weighted by molar-refractivity contribution is -0.148. The number of ether oxygens (including phenoxy) is 3. The molecule has 1 aromatic rings. The van der Waals surface area contributed by atoms with Gasteiger partial charge in [0.1, 0.15) is 43.2 Å². The minimum Gasteiger partial charge on any atom is -0.461 e. The predicted molar refractivity (Wildman–Crippen MR) is 154 cm³/mol. The molecule has 2 aliphatic carbocycles. The molecule has 7 unspecified atom stereocenters. The molecule has 3 N–H and O–H groups in total. The summed E-state index contributed by atoms with van der Waals surface area (Å²) in [5.74, 6) is -0.696. The molecule has 0 amide bonds. The third-order valence-corrected chi connectivity index (χ3v) is 8.49. The molecule has 7 atom stereocenters. The number of aliphatic hydroxyl groups excluding tert-OH is 2. The number of fused-ring (bicyclic) bond motifs is 1. The summed E-state index contributed by atoms with van der Waals surface area (Å²) >= 11 is 22.4. The van der Waals surface area contributed by atoms with Gasteiger partial charge in [0.2, 0.25) is 9.67 Å². The van der Waals surface area contributed by atoms with E-state index in [0.29, 0.717) is 12.8 Å². The number of carbonyl (C=O) groups is 2. The van der Waals surface area contributed by atoms with Crippen molar-refractivity contribution in [2.75, 3.05) is 11.9 Å². The summed E-state index contributed by atoms with van der Waals surface area (Å²) in [6, 6.07) is -0.104. The highest BCUT2D eigenvalue weighted by Crippen LogP contribution is 2.32. The van der Waals surface area contributed by atoms with Crippen molar-refractivity contribution < 1.29 is 34.0 Å². The second-order valence-electron chi connectivity index (χ2n) is 10.6. The van der Waals surface area contributed by atoms with E-state index >= 15 is 0 Å². The standard InChI is InChI=1S/C27H35Cl4N3O7/c28-23(29)26(37)39-12-20-22(36)21(35)19(40-20)11-14-5-2-1-3-6-15-16(10-9-14)32-13-33-25(15)34-17-7-4-8-18(17)41-27(38)24(30)31/h2,5,13-14,17-24,35-36H,1,3-4,6-12H2,(H,32,33,34). The molecule has 1 saturated carbocycles. The topological polar surface area (TPSA) is 140 Å². The van der Waals surface area contributed by atoms with E-state index in [0.717, 1.165) is 62.0 Å². The van der Waals surface area contributed by atoms with Crippen LogP contribution in [-0.2, 0) is 36.6 Å². The maximum atomic E-state index is 12.0. The Kier molecular flexibility index (Phi) is 12.2. The fourth-order valence-corrected chi connectivity index (χ4v) is 5.87. The van der Waals surface area contributed by atoms with Crippen molar-refractivity contribution in [1.29, 1.82) is 0 Å². The largest absolute Gasteiger partial charge is 0.461 e. The van der Waals surface area contributed by atoms with E-state index in [-0.39, 0.29) is 24.7 Å². The zero-order valence-corrected chi connectivity index (χ0v) is 25.4. The third kappa shape index (κ3) is 8.81. The number of anilines is 1. The molecule has 4 rings (SSSR count). The number of hydrogen-bond donors (Lipinski definition) is 3. The predicted octanol–water partition coefficient (Wildman–Crippen LogP) is 3.82. The molecular weight excluding hydrogens is 620 g/mol. The number of alkyl halides is 4. The Balaban J connectivity index is 1.39. The Bertz CT molecular complexity index is 1080. The number of aryl methyl sites for hydroxylation is 1. The maximum absolute atomic E-state index is 12.0. The Morgan fingerprint density at radius 1 is 1.00 bits per heavy atom. The average Bonchev–Trinajstić information content (AvgIpc) is 3.49. The van der Waals surface area contributed by atoms with Gasteiger partial charge in [0.05, 0.1) is 12.1 Å². The molecule has 2 heterocycles. The lowest BCUT2D eigenvalue weighted by atomic mass is 9.90. The fraction of sp³-hybridized carbons (Fsp3) is 0.704. The monoisotopic (exact) mass is 653 g/mol. The third-order valence-electron chi connectivity index (χ3n) is 7.78. The van der Waals surface area contributed by atoms with E-state index < -0.39 is 46.0 Å². The van der Waals surface area contributed by atoms with Crippen molar-refractivity contribution in [3.63, 3.8) is 0 Å². The van der Waals surface area contributed by atoms with Gasteiger partial charge in [0, 0.05) is 11.3 Å². The minimum atomic E-state index is -1.34. The molecule has 228 valence electrons. The summed E-state index contributed by atoms with van der Waals surface area (Å²) < 4.78 is 16.4. The summed E-state index contributed by atoms with van der Waals surface area (Å²) in [6.07, 6.45) is 8.44. The maximum Gasteiger partial charge on any atom is 0.339 e. The van der Waals surface area contributed by atoms with Crippen molar-refractivity contribution in [3.05, 3.63) is 29.7 Å². The van der Waals surface area contributed by atoms with Crippen LogP contribution in [-0.4, -0.2) is 85.0 Å². The van der Waals surface area contributed by atoms with Crippen LogP contribution in [0, 0.1) is 5.92 Å². The normalized spacial score (nSPS) is 30.3. The van der Waals surface area contributed by atoms with Crippen LogP contribution in [0.5, 0.6) is 0 Å². The quantitative estimate of drug-likeness (QED) is 0.204. The van der Waals surface area contributed by atoms with Gasteiger partial charge >= 0.3 is 11.9 Å². The van der Waals surface area contributed by atoms with E-state index in [1.807, 2.05) is 0 Å². The molecule has 0 bridgehead atoms. The number of carbonyl (C=O) groups excluding carboxylic acids is 2. The van der Waals surface area contributed by atoms with Crippen molar-refractivity contribution in [3.8, 4) is 0 Å². The van der Waals surface area contributed by atoms with Crippen molar-refractivity contribution in [1.82, 2.24) is 9.97 Å². The Labute approximate surface area is 259 Å². The van der Waals surface area contributed by atoms with Gasteiger partial charge in [-0.2, -0.15) is 0 Å². The van der Waals surface area contributed by atoms with Gasteiger partial charge in [-0.1, -0.05) is 58.6 Å². The Morgan fingerprint density at radius 3 is 2.51 bits per heavy atom. The van der Waals surface area contributed by atoms with Crippen LogP contribution < -0.4 is 5.32 Å². The number of halogens is 4. The number of aromatic nitrogens is 2. The number of esters is 2. The van der Waals surface area contributed by atoms with Crippen LogP contribution in [0.1, 0.15) is 56.2 Å². The van der Waals surface area contributed by atoms with Crippen molar-refractivity contribution >= 4 is 64.2 Å². The summed E-state index contributed by atoms with van der Waals surface area (Å²) in [4.78, 5) is 30.1. The smallest absolute Gasteiger partial charge is 0.339 e. The lowest BCUT2D eigenvalue weighted by Gasteiger charge is -2.25. The molecular formula is C27H35Cl4N3O7. The zero-order valence-electron chi connectivity index (χ0n) is 22.3. The molecule has 41 heavy (non-hydrogen) atoms. The summed E-state index contributed by atoms with van der Waals surface area (Å²) in [7, 11) is 0. The second kappa shape index (κ2) is 15.4. The van der Waals surface area contributed by atoms with Gasteiger partial charge in [-0.15, -0.1) is 0 Å². The summed E-state index contributed by atoms with van der Waals surface area (Å²) in [6.45, 7) is -0.260. The number of nitrogens with zero attached hydrogens (tertiary/aromatic N) is 2. The molecule has 0 radical (unpaired) electrons. The van der Waals surface area contributed by atoms with Crippen LogP contribution in [0.15, 0.2) is 18.5 Å². The molecule has 1 aromatic heterocycles. The van der Waals surface area contributed by atoms with E-state index in [9.17, 15) is 19.8 Å². The van der Waals surface area contributed by atoms with E-state index in [1.165, 1.54) is 0 Å². The average molecular weight is 655 g/mol. The first-order chi connectivity index (χ1) is 19.6. The van der Waals surface area contributed by atoms with Gasteiger partial charge in [-0.05, 0) is 63.7 Å². The first-order valence-electron chi connectivity index (χ1n) is 13.8. The fourth-order valence-electron chi connectivity index (χ4n) is 5.64. The first kappa shape index (κ1) is 32.5. The molecule has 3 aliphatic rings. The number of aliphatic hydroxyl groups is 2. The van der Waals surface area contributed by atoms with Crippen molar-refractivity contribution in [2.45, 2.75) is 104 Å². The Morgan fingerprint density at radius 2 is 1.76 bits per heavy atom. The van der Waals surface area contributed by atoms with Gasteiger partial charge in [-0.25, -0.2) is 19.6 Å². The van der Waals surface area contributed by atoms with Gasteiger partial charge < -0.3 is 29.7 Å². The van der Waals surface area contributed by atoms with Crippen molar-refractivity contribution in [2.24, 2.45) is 5.92 Å². The van der Waals surface area contributed by atoms with E-state index in [2.05, 4.69) is 27.4 Å². The van der Waals surface area contributed by atoms with Gasteiger partial charge in [0.25, 0.3) is 0 Å². The first-order valence-corrected chi connectivity index (χ1v) is 15.6. The van der Waals surface area contributed by atoms with E-state index in [4.69, 9.17) is 60.6 Å². The molecule has 10 nitrogen and oxygen atoms in total. The number of hydrogen-bond acceptors (Lipinski definition) is 10. The van der Waals surface area contributed by atoms with Crippen LogP contribution >= 0.6 is 46.4 Å². The summed E-state index contributed by atoms with van der Waals surface area (Å²) in [5.41, 5.74) is 1.97. The highest BCUT2D eigenvalue weighted by atomic mass is 35.5. The lowest BCUT2D eigenvalue weighted by Crippen LogP contribution is -2.35. The molecule has 0 spiro atoms.